The van der Waals surface area contributed by atoms with Crippen LogP contribution in [0, 0.1) is 24.2 Å². The number of terminal acetylenes is 1. The number of oxime groups is 1. The topological polar surface area (TPSA) is 21.6 Å². The van der Waals surface area contributed by atoms with E-state index in [1.165, 1.54) is 5.71 Å². The molecule has 0 N–H and O–H groups in total. The molecule has 1 saturated carbocycles. The van der Waals surface area contributed by atoms with Crippen molar-refractivity contribution >= 4 is 5.71 Å². The number of rotatable bonds is 2. The summed E-state index contributed by atoms with van der Waals surface area (Å²) < 4.78 is 0. The van der Waals surface area contributed by atoms with Crippen molar-refractivity contribution in [2.24, 2.45) is 17.0 Å². The Labute approximate surface area is 72.3 Å². The first-order valence-corrected chi connectivity index (χ1v) is 4.20. The molecule has 62 valence electrons. The lowest BCUT2D eigenvalue weighted by Gasteiger charge is -2.31. The molecule has 0 aromatic heterocycles. The smallest absolute Gasteiger partial charge is 0.177 e. The summed E-state index contributed by atoms with van der Waals surface area (Å²) in [7, 11) is 0. The van der Waals surface area contributed by atoms with E-state index in [-0.39, 0.29) is 6.61 Å². The van der Waals surface area contributed by atoms with Gasteiger partial charge in [-0.2, -0.15) is 0 Å². The summed E-state index contributed by atoms with van der Waals surface area (Å²) in [5, 5.41) is 4.00. The molecule has 2 heteroatoms. The summed E-state index contributed by atoms with van der Waals surface area (Å²) in [5.74, 6) is 3.75. The summed E-state index contributed by atoms with van der Waals surface area (Å²) in [6.45, 7) is 0.286. The molecule has 0 spiro atoms. The van der Waals surface area contributed by atoms with Gasteiger partial charge in [-0.1, -0.05) is 23.2 Å². The minimum Gasteiger partial charge on any atom is -0.383 e. The van der Waals surface area contributed by atoms with Crippen LogP contribution in [0.1, 0.15) is 12.8 Å². The van der Waals surface area contributed by atoms with E-state index in [0.29, 0.717) is 5.92 Å². The second-order valence-corrected chi connectivity index (χ2v) is 3.20. The van der Waals surface area contributed by atoms with E-state index in [0.717, 1.165) is 18.8 Å². The highest BCUT2D eigenvalue weighted by molar-refractivity contribution is 5.93. The van der Waals surface area contributed by atoms with E-state index in [9.17, 15) is 0 Å². The van der Waals surface area contributed by atoms with Crippen molar-refractivity contribution in [3.63, 3.8) is 0 Å². The highest BCUT2D eigenvalue weighted by atomic mass is 16.6. The fraction of sp³-hybridized carbons (Fsp3) is 0.500. The molecule has 0 heterocycles. The van der Waals surface area contributed by atoms with Gasteiger partial charge in [0.2, 0.25) is 0 Å². The monoisotopic (exact) mass is 161 g/mol. The molecule has 1 fully saturated rings. The number of allylic oxidation sites excluding steroid dienone is 2. The normalized spacial score (nSPS) is 34.1. The quantitative estimate of drug-likeness (QED) is 0.261. The Bertz CT molecular complexity index is 272. The van der Waals surface area contributed by atoms with Crippen LogP contribution < -0.4 is 0 Å². The van der Waals surface area contributed by atoms with Gasteiger partial charge in [0.25, 0.3) is 0 Å². The number of hydrogen-bond donors (Lipinski definition) is 0. The Morgan fingerprint density at radius 2 is 2.67 bits per heavy atom. The molecule has 0 aromatic carbocycles. The Morgan fingerprint density at radius 1 is 1.75 bits per heavy atom. The minimum atomic E-state index is 0.286. The van der Waals surface area contributed by atoms with Crippen molar-refractivity contribution in [3.8, 4) is 12.3 Å². The van der Waals surface area contributed by atoms with Crippen LogP contribution in [0.4, 0.5) is 0 Å². The van der Waals surface area contributed by atoms with Gasteiger partial charge in [-0.15, -0.1) is 6.42 Å². The zero-order valence-corrected chi connectivity index (χ0v) is 6.86. The molecule has 2 aliphatic carbocycles. The van der Waals surface area contributed by atoms with Gasteiger partial charge in [0.1, 0.15) is 0 Å². The molecule has 2 nitrogen and oxygen atoms in total. The summed E-state index contributed by atoms with van der Waals surface area (Å²) in [5.41, 5.74) is 1.18. The van der Waals surface area contributed by atoms with Crippen LogP contribution in [0.15, 0.2) is 17.3 Å². The molecule has 0 aliphatic heterocycles. The number of nitrogens with zero attached hydrogens (tertiary/aromatic N) is 1. The van der Waals surface area contributed by atoms with Gasteiger partial charge in [-0.05, 0) is 18.8 Å². The van der Waals surface area contributed by atoms with Crippen molar-refractivity contribution in [3.05, 3.63) is 12.2 Å². The van der Waals surface area contributed by atoms with E-state index >= 15 is 0 Å². The number of fused-ring (bicyclic) bond motifs is 1. The van der Waals surface area contributed by atoms with Gasteiger partial charge >= 0.3 is 0 Å². The van der Waals surface area contributed by atoms with Crippen LogP contribution in [-0.2, 0) is 4.84 Å². The zero-order chi connectivity index (χ0) is 8.39. The summed E-state index contributed by atoms with van der Waals surface area (Å²) in [6.07, 6.45) is 11.7. The number of hydrogen-bond acceptors (Lipinski definition) is 2. The van der Waals surface area contributed by atoms with E-state index in [1.54, 1.807) is 0 Å². The molecular formula is C10H11NO. The third kappa shape index (κ3) is 1.12. The molecule has 2 rings (SSSR count). The van der Waals surface area contributed by atoms with E-state index in [4.69, 9.17) is 11.3 Å². The highest BCUT2D eigenvalue weighted by Gasteiger charge is 2.38. The fourth-order valence-corrected chi connectivity index (χ4v) is 1.79. The van der Waals surface area contributed by atoms with Gasteiger partial charge in [0.15, 0.2) is 6.61 Å². The van der Waals surface area contributed by atoms with Crippen molar-refractivity contribution in [1.29, 1.82) is 0 Å². The van der Waals surface area contributed by atoms with Crippen molar-refractivity contribution in [1.82, 2.24) is 0 Å². The molecule has 0 aromatic rings. The molecule has 2 aliphatic rings. The van der Waals surface area contributed by atoms with Crippen molar-refractivity contribution < 1.29 is 4.84 Å². The minimum absolute atomic E-state index is 0.286. The lowest BCUT2D eigenvalue weighted by molar-refractivity contribution is 0.172. The maximum absolute atomic E-state index is 5.02. The average Bonchev–Trinajstić information content (AvgIpc) is 2.41. The fourth-order valence-electron chi connectivity index (χ4n) is 1.79. The average molecular weight is 161 g/mol. The van der Waals surface area contributed by atoms with E-state index in [1.807, 2.05) is 0 Å². The lowest BCUT2D eigenvalue weighted by atomic mass is 9.74. The first-order chi connectivity index (χ1) is 5.92. The van der Waals surface area contributed by atoms with Crippen LogP contribution in [0.3, 0.4) is 0 Å². The van der Waals surface area contributed by atoms with Crippen LogP contribution in [0.25, 0.3) is 0 Å². The first kappa shape index (κ1) is 7.42. The summed E-state index contributed by atoms with van der Waals surface area (Å²) in [4.78, 5) is 4.92. The standard InChI is InChI=1S/C10H11NO/c1-2-6-12-11-10-7-8-4-3-5-9(8)10/h1,3-4,8-9H,5-7H2/b11-10-. The van der Waals surface area contributed by atoms with Gasteiger partial charge in [0.05, 0.1) is 5.71 Å². The molecule has 0 bridgehead atoms. The molecule has 0 radical (unpaired) electrons. The third-order valence-corrected chi connectivity index (χ3v) is 2.49. The molecule has 12 heavy (non-hydrogen) atoms. The van der Waals surface area contributed by atoms with E-state index in [2.05, 4.69) is 23.2 Å². The third-order valence-electron chi connectivity index (χ3n) is 2.49. The van der Waals surface area contributed by atoms with E-state index < -0.39 is 0 Å². The molecule has 2 atom stereocenters. The molecular weight excluding hydrogens is 150 g/mol. The highest BCUT2D eigenvalue weighted by Crippen LogP contribution is 2.40. The second-order valence-electron chi connectivity index (χ2n) is 3.20. The van der Waals surface area contributed by atoms with Gasteiger partial charge in [0, 0.05) is 5.92 Å². The summed E-state index contributed by atoms with van der Waals surface area (Å²) in [6, 6.07) is 0. The Kier molecular flexibility index (Phi) is 1.87. The van der Waals surface area contributed by atoms with Crippen LogP contribution in [0.2, 0.25) is 0 Å². The first-order valence-electron chi connectivity index (χ1n) is 4.20. The van der Waals surface area contributed by atoms with Crippen molar-refractivity contribution in [2.45, 2.75) is 12.8 Å². The molecule has 0 saturated heterocycles. The van der Waals surface area contributed by atoms with Crippen molar-refractivity contribution in [2.75, 3.05) is 6.61 Å². The van der Waals surface area contributed by atoms with Crippen LogP contribution >= 0.6 is 0 Å². The molecule has 2 unspecified atom stereocenters. The predicted octanol–water partition coefficient (Wildman–Crippen LogP) is 1.59. The largest absolute Gasteiger partial charge is 0.383 e. The lowest BCUT2D eigenvalue weighted by Crippen LogP contribution is -2.33. The molecule has 0 amide bonds. The Hall–Kier alpha value is -1.23. The zero-order valence-electron chi connectivity index (χ0n) is 6.86. The van der Waals surface area contributed by atoms with Gasteiger partial charge < -0.3 is 4.84 Å². The summed E-state index contributed by atoms with van der Waals surface area (Å²) >= 11 is 0. The second kappa shape index (κ2) is 3.02. The van der Waals surface area contributed by atoms with Crippen LogP contribution in [-0.4, -0.2) is 12.3 Å². The van der Waals surface area contributed by atoms with Gasteiger partial charge in [-0.3, -0.25) is 0 Å². The maximum atomic E-state index is 5.02. The SMILES string of the molecule is C#CCO/N=C1/CC2C=CCC12. The van der Waals surface area contributed by atoms with Gasteiger partial charge in [-0.25, -0.2) is 0 Å². The predicted molar refractivity (Wildman–Crippen MR) is 47.6 cm³/mol. The Morgan fingerprint density at radius 3 is 3.42 bits per heavy atom. The van der Waals surface area contributed by atoms with Crippen LogP contribution in [0.5, 0.6) is 0 Å². The Balaban J connectivity index is 1.85. The maximum Gasteiger partial charge on any atom is 0.177 e.